The summed E-state index contributed by atoms with van der Waals surface area (Å²) in [5, 5.41) is 2.64. The molecule has 0 spiro atoms. The van der Waals surface area contributed by atoms with Gasteiger partial charge in [0.1, 0.15) is 11.3 Å². The minimum absolute atomic E-state index is 0.0367. The van der Waals surface area contributed by atoms with Gasteiger partial charge in [-0.3, -0.25) is 19.8 Å². The van der Waals surface area contributed by atoms with E-state index in [1.165, 1.54) is 10.5 Å². The summed E-state index contributed by atoms with van der Waals surface area (Å²) in [4.78, 5) is 28.3. The van der Waals surface area contributed by atoms with E-state index in [1.807, 2.05) is 12.1 Å². The molecule has 1 fully saturated rings. The molecular weight excluding hydrogens is 362 g/mol. The van der Waals surface area contributed by atoms with Crippen LogP contribution in [0.25, 0.3) is 6.08 Å². The molecule has 2 amide bonds. The number of amides is 2. The number of rotatable bonds is 2. The van der Waals surface area contributed by atoms with E-state index in [-0.39, 0.29) is 16.2 Å². The van der Waals surface area contributed by atoms with E-state index in [9.17, 15) is 9.59 Å². The molecule has 3 rings (SSSR count). The van der Waals surface area contributed by atoms with Crippen molar-refractivity contribution in [3.63, 3.8) is 0 Å². The Morgan fingerprint density at radius 3 is 2.59 bits per heavy atom. The second-order valence-electron chi connectivity index (χ2n) is 7.81. The number of carbonyl (C=O) groups excluding carboxylic acids is 2. The molecule has 0 saturated carbocycles. The Labute approximate surface area is 165 Å². The predicted octanol–water partition coefficient (Wildman–Crippen LogP) is 2.67. The van der Waals surface area contributed by atoms with Crippen LogP contribution in [0.1, 0.15) is 44.2 Å². The van der Waals surface area contributed by atoms with Gasteiger partial charge in [0, 0.05) is 37.0 Å². The number of likely N-dealkylation sites (N-methyl/N-ethyl adjacent to an activating group) is 1. The lowest BCUT2D eigenvalue weighted by molar-refractivity contribution is -0.128. The van der Waals surface area contributed by atoms with Crippen molar-refractivity contribution in [1.82, 2.24) is 10.2 Å². The highest BCUT2D eigenvalue weighted by Gasteiger charge is 2.35. The molecule has 0 radical (unpaired) electrons. The summed E-state index contributed by atoms with van der Waals surface area (Å²) in [6.07, 6.45) is 2.59. The second-order valence-corrected chi connectivity index (χ2v) is 8.20. The highest BCUT2D eigenvalue weighted by molar-refractivity contribution is 7.80. The van der Waals surface area contributed by atoms with Crippen LogP contribution in [0, 0.1) is 0 Å². The summed E-state index contributed by atoms with van der Waals surface area (Å²) in [6, 6.07) is 4.00. The van der Waals surface area contributed by atoms with Crippen LogP contribution in [0.2, 0.25) is 0 Å². The fourth-order valence-electron chi connectivity index (χ4n) is 3.80. The molecule has 1 N–H and O–H groups in total. The van der Waals surface area contributed by atoms with Gasteiger partial charge < -0.3 is 9.64 Å². The van der Waals surface area contributed by atoms with Gasteiger partial charge in [-0.25, -0.2) is 0 Å². The fourth-order valence-corrected chi connectivity index (χ4v) is 3.98. The van der Waals surface area contributed by atoms with E-state index in [0.717, 1.165) is 12.1 Å². The van der Waals surface area contributed by atoms with Crippen LogP contribution >= 0.6 is 12.2 Å². The number of fused-ring (bicyclic) bond motifs is 1. The van der Waals surface area contributed by atoms with E-state index in [1.54, 1.807) is 20.2 Å². The first-order valence-electron chi connectivity index (χ1n) is 8.87. The van der Waals surface area contributed by atoms with Crippen molar-refractivity contribution < 1.29 is 14.3 Å². The number of benzene rings is 1. The molecule has 0 aromatic heterocycles. The Morgan fingerprint density at radius 1 is 1.30 bits per heavy atom. The van der Waals surface area contributed by atoms with Crippen molar-refractivity contribution in [1.29, 1.82) is 0 Å². The highest BCUT2D eigenvalue weighted by Crippen LogP contribution is 2.45. The molecule has 1 atom stereocenters. The van der Waals surface area contributed by atoms with Crippen LogP contribution in [0.3, 0.4) is 0 Å². The number of anilines is 1. The molecule has 1 aromatic carbocycles. The largest absolute Gasteiger partial charge is 0.496 e. The summed E-state index contributed by atoms with van der Waals surface area (Å²) in [7, 11) is 5.21. The van der Waals surface area contributed by atoms with E-state index in [0.29, 0.717) is 17.2 Å². The number of hydrogen-bond donors (Lipinski definition) is 1. The molecule has 2 aliphatic heterocycles. The predicted molar refractivity (Wildman–Crippen MR) is 110 cm³/mol. The average molecular weight is 388 g/mol. The Kier molecular flexibility index (Phi) is 4.76. The summed E-state index contributed by atoms with van der Waals surface area (Å²) < 4.78 is 5.57. The topological polar surface area (TPSA) is 61.9 Å². The molecule has 7 heteroatoms. The fraction of sp³-hybridized carbons (Fsp3) is 0.450. The number of thiocarbonyl (C=S) groups is 1. The lowest BCUT2D eigenvalue weighted by Gasteiger charge is -2.45. The molecule has 2 heterocycles. The van der Waals surface area contributed by atoms with Crippen LogP contribution in [0.15, 0.2) is 17.7 Å². The van der Waals surface area contributed by atoms with Crippen molar-refractivity contribution >= 4 is 40.9 Å². The number of ether oxygens (including phenoxy) is 1. The minimum Gasteiger partial charge on any atom is -0.496 e. The molecule has 144 valence electrons. The molecule has 1 saturated heterocycles. The van der Waals surface area contributed by atoms with Gasteiger partial charge in [-0.05, 0) is 56.1 Å². The smallest absolute Gasteiger partial charge is 0.265 e. The van der Waals surface area contributed by atoms with Gasteiger partial charge in [0.15, 0.2) is 5.11 Å². The molecule has 2 aliphatic rings. The van der Waals surface area contributed by atoms with Crippen LogP contribution in [-0.4, -0.2) is 48.6 Å². The third-order valence-electron chi connectivity index (χ3n) is 5.59. The second kappa shape index (κ2) is 6.64. The van der Waals surface area contributed by atoms with Gasteiger partial charge in [-0.2, -0.15) is 0 Å². The van der Waals surface area contributed by atoms with Crippen molar-refractivity contribution in [3.8, 4) is 5.75 Å². The van der Waals surface area contributed by atoms with E-state index in [2.05, 4.69) is 38.0 Å². The highest BCUT2D eigenvalue weighted by atomic mass is 32.1. The third kappa shape index (κ3) is 3.20. The van der Waals surface area contributed by atoms with Crippen molar-refractivity contribution in [3.05, 3.63) is 28.8 Å². The van der Waals surface area contributed by atoms with Crippen molar-refractivity contribution in [2.24, 2.45) is 0 Å². The Hall–Kier alpha value is -2.41. The Balaban J connectivity index is 2.13. The molecular formula is C20H25N3O3S. The zero-order chi connectivity index (χ0) is 20.1. The number of methoxy groups -OCH3 is 1. The minimum atomic E-state index is -0.492. The normalized spacial score (nSPS) is 23.4. The van der Waals surface area contributed by atoms with Crippen LogP contribution in [-0.2, 0) is 9.59 Å². The van der Waals surface area contributed by atoms with Gasteiger partial charge >= 0.3 is 0 Å². The van der Waals surface area contributed by atoms with E-state index < -0.39 is 11.8 Å². The zero-order valence-electron chi connectivity index (χ0n) is 16.5. The molecule has 1 aromatic rings. The standard InChI is InChI=1S/C20H25N3O3S/c1-11-10-20(2,3)23(5)15-9-16(26-6)12(7-13(11)15)8-14-17(24)21-19(27)22(4)18(14)25/h7-9,11H,10H2,1-6H3,(H,21,24,27)/b14-8-. The maximum absolute atomic E-state index is 12.5. The molecule has 0 aliphatic carbocycles. The SMILES string of the molecule is COc1cc2c(cc1/C=C1/C(=O)NC(=S)N(C)C1=O)C(C)CC(C)(C)N2C. The van der Waals surface area contributed by atoms with Gasteiger partial charge in [0.25, 0.3) is 11.8 Å². The van der Waals surface area contributed by atoms with Gasteiger partial charge in [0.2, 0.25) is 0 Å². The number of hydrogen-bond acceptors (Lipinski definition) is 5. The lowest BCUT2D eigenvalue weighted by Crippen LogP contribution is -2.52. The first-order chi connectivity index (χ1) is 12.6. The first-order valence-corrected chi connectivity index (χ1v) is 9.28. The van der Waals surface area contributed by atoms with Crippen LogP contribution in [0.4, 0.5) is 5.69 Å². The Morgan fingerprint density at radius 2 is 1.96 bits per heavy atom. The molecule has 1 unspecified atom stereocenters. The zero-order valence-corrected chi connectivity index (χ0v) is 17.4. The summed E-state index contributed by atoms with van der Waals surface area (Å²) >= 11 is 4.99. The summed E-state index contributed by atoms with van der Waals surface area (Å²) in [6.45, 7) is 6.64. The van der Waals surface area contributed by atoms with Crippen LogP contribution < -0.4 is 15.0 Å². The maximum atomic E-state index is 12.5. The summed E-state index contributed by atoms with van der Waals surface area (Å²) in [5.41, 5.74) is 3.07. The lowest BCUT2D eigenvalue weighted by atomic mass is 9.79. The van der Waals surface area contributed by atoms with Crippen LogP contribution in [0.5, 0.6) is 5.75 Å². The number of nitrogens with one attached hydrogen (secondary N) is 1. The molecule has 27 heavy (non-hydrogen) atoms. The third-order valence-corrected chi connectivity index (χ3v) is 5.97. The monoisotopic (exact) mass is 387 g/mol. The number of carbonyl (C=O) groups is 2. The van der Waals surface area contributed by atoms with Crippen molar-refractivity contribution in [2.45, 2.75) is 38.6 Å². The van der Waals surface area contributed by atoms with Crippen molar-refractivity contribution in [2.75, 3.05) is 26.1 Å². The summed E-state index contributed by atoms with van der Waals surface area (Å²) in [5.74, 6) is 0.0544. The van der Waals surface area contributed by atoms with Gasteiger partial charge in [-0.1, -0.05) is 6.92 Å². The quantitative estimate of drug-likeness (QED) is 0.480. The Bertz CT molecular complexity index is 875. The van der Waals surface area contributed by atoms with Gasteiger partial charge in [-0.15, -0.1) is 0 Å². The number of nitrogens with zero attached hydrogens (tertiary/aromatic N) is 2. The van der Waals surface area contributed by atoms with Gasteiger partial charge in [0.05, 0.1) is 7.11 Å². The maximum Gasteiger partial charge on any atom is 0.265 e. The average Bonchev–Trinajstić information content (AvgIpc) is 2.60. The molecule has 0 bridgehead atoms. The molecule has 6 nitrogen and oxygen atoms in total. The van der Waals surface area contributed by atoms with E-state index in [4.69, 9.17) is 17.0 Å². The van der Waals surface area contributed by atoms with E-state index >= 15 is 0 Å². The first kappa shape index (κ1) is 19.4.